The molecule has 0 aliphatic rings. The molecular formula is C106H76N2Si2. The molecule has 110 heavy (non-hydrogen) atoms. The molecule has 0 unspecified atom stereocenters. The molecule has 0 amide bonds. The molecular weight excluding hydrogens is 1360 g/mol. The molecule has 0 bridgehead atoms. The van der Waals surface area contributed by atoms with Gasteiger partial charge in [0.15, 0.2) is 22.0 Å². The van der Waals surface area contributed by atoms with Gasteiger partial charge in [-0.1, -0.05) is 443 Å². The molecule has 2 nitrogen and oxygen atoms in total. The van der Waals surface area contributed by atoms with E-state index in [0.29, 0.717) is 5.82 Å². The van der Waals surface area contributed by atoms with E-state index in [9.17, 15) is 0 Å². The predicted molar refractivity (Wildman–Crippen MR) is 469 cm³/mol. The summed E-state index contributed by atoms with van der Waals surface area (Å²) >= 11 is 0. The topological polar surface area (TPSA) is 25.8 Å². The molecule has 518 valence electrons. The predicted octanol–water partition coefficient (Wildman–Crippen LogP) is 21.6. The van der Waals surface area contributed by atoms with Crippen LogP contribution in [0.5, 0.6) is 0 Å². The summed E-state index contributed by atoms with van der Waals surface area (Å²) in [7, 11) is -7.68. The van der Waals surface area contributed by atoms with Crippen LogP contribution in [0.1, 0.15) is 0 Å². The van der Waals surface area contributed by atoms with Crippen molar-refractivity contribution in [2.24, 2.45) is 0 Å². The van der Waals surface area contributed by atoms with E-state index in [2.05, 4.69) is 461 Å². The minimum Gasteiger partial charge on any atom is -0.228 e. The van der Waals surface area contributed by atoms with E-state index in [1.807, 2.05) is 0 Å². The molecule has 0 aliphatic carbocycles. The SMILES string of the molecule is c1ccc(-c2cccc(-c3cc(-c4cccc(-c5ccccc5)c4)nc(-c4cc([Si](c5cccc(-c6ccccc6)c5)(c5cccc(-c6ccccc6)c5)c5cccc(-c6ccccc6)c5)cc([Si](c5cccc(-c6ccccc6)c5)(c5cccc(-c6ccccc6)c5)c5cccc(-c6ccccc6)c5)c4)n3)c2)cc1. The highest BCUT2D eigenvalue weighted by molar-refractivity contribution is 7.22. The van der Waals surface area contributed by atoms with Gasteiger partial charge in [0.1, 0.15) is 0 Å². The smallest absolute Gasteiger partial charge is 0.179 e. The largest absolute Gasteiger partial charge is 0.228 e. The molecule has 4 heteroatoms. The van der Waals surface area contributed by atoms with Crippen LogP contribution in [-0.2, 0) is 0 Å². The third-order valence-electron chi connectivity index (χ3n) is 21.7. The standard InChI is InChI=1S/C106H76N2Si2/c1-9-33-77(34-10-1)85-49-25-57-93(65-85)104-76-105(94-58-26-50-86(66-94)78-35-11-2-12-36-78)108-106(107-104)95-73-102(109(96-59-27-51-87(67-96)79-37-13-3-14-38-79,97-60-28-52-88(68-97)80-39-15-4-16-40-80)98-61-29-53-89(69-98)81-41-17-5-18-42-81)75-103(74-95)110(99-62-30-54-90(70-99)82-43-19-6-20-44-82,100-63-31-55-91(71-100)83-45-21-7-22-46-83)101-64-32-56-92(72-101)84-47-23-8-24-48-84/h1-76H. The number of aromatic nitrogens is 2. The second-order valence-electron chi connectivity index (χ2n) is 28.3. The first-order chi connectivity index (χ1) is 54.5. The molecule has 0 aliphatic heterocycles. The third kappa shape index (κ3) is 13.5. The monoisotopic (exact) mass is 1430 g/mol. The van der Waals surface area contributed by atoms with Crippen LogP contribution in [0.3, 0.4) is 0 Å². The highest BCUT2D eigenvalue weighted by Gasteiger charge is 2.47. The summed E-state index contributed by atoms with van der Waals surface area (Å²) in [5, 5.41) is 9.78. The van der Waals surface area contributed by atoms with Crippen molar-refractivity contribution in [3.05, 3.63) is 461 Å². The fourth-order valence-corrected chi connectivity index (χ4v) is 26.4. The van der Waals surface area contributed by atoms with E-state index in [4.69, 9.17) is 9.97 Å². The summed E-state index contributed by atoms with van der Waals surface area (Å²) in [5.41, 5.74) is 22.7. The first-order valence-electron chi connectivity index (χ1n) is 37.8. The maximum Gasteiger partial charge on any atom is 0.179 e. The van der Waals surface area contributed by atoms with Crippen molar-refractivity contribution in [3.8, 4) is 123 Å². The first kappa shape index (κ1) is 68.1. The molecule has 0 saturated carbocycles. The molecule has 0 spiro atoms. The Bertz CT molecular complexity index is 5480. The summed E-state index contributed by atoms with van der Waals surface area (Å²) in [6, 6.07) is 172. The molecule has 18 aromatic rings. The number of hydrogen-bond donors (Lipinski definition) is 0. The van der Waals surface area contributed by atoms with E-state index in [0.717, 1.165) is 117 Å². The second kappa shape index (κ2) is 30.6. The van der Waals surface area contributed by atoms with E-state index in [-0.39, 0.29) is 0 Å². The number of nitrogens with zero attached hydrogens (tertiary/aromatic N) is 2. The Morgan fingerprint density at radius 2 is 0.291 bits per heavy atom. The molecule has 0 saturated heterocycles. The van der Waals surface area contributed by atoms with Crippen molar-refractivity contribution in [1.29, 1.82) is 0 Å². The van der Waals surface area contributed by atoms with Crippen molar-refractivity contribution >= 4 is 57.6 Å². The van der Waals surface area contributed by atoms with E-state index in [1.165, 1.54) is 41.5 Å². The molecule has 0 N–H and O–H groups in total. The lowest BCUT2D eigenvalue weighted by atomic mass is 9.99. The van der Waals surface area contributed by atoms with E-state index < -0.39 is 16.1 Å². The summed E-state index contributed by atoms with van der Waals surface area (Å²) in [6.07, 6.45) is 0. The van der Waals surface area contributed by atoms with Gasteiger partial charge in [0.05, 0.1) is 11.4 Å². The van der Waals surface area contributed by atoms with Gasteiger partial charge in [-0.25, -0.2) is 9.97 Å². The van der Waals surface area contributed by atoms with Crippen LogP contribution in [0.4, 0.5) is 0 Å². The van der Waals surface area contributed by atoms with Crippen LogP contribution in [0.25, 0.3) is 123 Å². The Kier molecular flexibility index (Phi) is 19.0. The molecule has 0 radical (unpaired) electrons. The van der Waals surface area contributed by atoms with Gasteiger partial charge in [-0.05, 0) is 149 Å². The number of hydrogen-bond acceptors (Lipinski definition) is 2. The summed E-state index contributed by atoms with van der Waals surface area (Å²) in [4.78, 5) is 12.1. The van der Waals surface area contributed by atoms with Gasteiger partial charge in [-0.15, -0.1) is 0 Å². The van der Waals surface area contributed by atoms with Crippen molar-refractivity contribution in [2.75, 3.05) is 0 Å². The van der Waals surface area contributed by atoms with Crippen LogP contribution in [0.2, 0.25) is 0 Å². The van der Waals surface area contributed by atoms with Crippen LogP contribution < -0.4 is 41.5 Å². The number of rotatable bonds is 19. The highest BCUT2D eigenvalue weighted by Crippen LogP contribution is 2.35. The van der Waals surface area contributed by atoms with Crippen molar-refractivity contribution in [1.82, 2.24) is 9.97 Å². The third-order valence-corrected chi connectivity index (χ3v) is 31.1. The molecule has 18 rings (SSSR count). The van der Waals surface area contributed by atoms with Crippen LogP contribution >= 0.6 is 0 Å². The first-order valence-corrected chi connectivity index (χ1v) is 41.8. The van der Waals surface area contributed by atoms with E-state index in [1.54, 1.807) is 0 Å². The summed E-state index contributed by atoms with van der Waals surface area (Å²) in [6.45, 7) is 0. The fourth-order valence-electron chi connectivity index (χ4n) is 16.4. The van der Waals surface area contributed by atoms with E-state index >= 15 is 0 Å². The molecule has 1 heterocycles. The maximum atomic E-state index is 6.04. The minimum atomic E-state index is -3.84. The summed E-state index contributed by atoms with van der Waals surface area (Å²) in [5.74, 6) is 0.616. The second-order valence-corrected chi connectivity index (χ2v) is 36.0. The average molecular weight is 1430 g/mol. The average Bonchev–Trinajstić information content (AvgIpc) is 0.684. The van der Waals surface area contributed by atoms with Crippen LogP contribution in [0.15, 0.2) is 461 Å². The lowest BCUT2D eigenvalue weighted by Crippen LogP contribution is -2.78. The Balaban J connectivity index is 1.04. The zero-order chi connectivity index (χ0) is 73.5. The maximum absolute atomic E-state index is 6.04. The fraction of sp³-hybridized carbons (Fsp3) is 0. The Labute approximate surface area is 647 Å². The lowest BCUT2D eigenvalue weighted by molar-refractivity contribution is 1.18. The number of benzene rings is 17. The van der Waals surface area contributed by atoms with Crippen molar-refractivity contribution in [3.63, 3.8) is 0 Å². The van der Waals surface area contributed by atoms with Gasteiger partial charge in [-0.3, -0.25) is 0 Å². The molecule has 0 atom stereocenters. The van der Waals surface area contributed by atoms with Gasteiger partial charge in [0.2, 0.25) is 0 Å². The van der Waals surface area contributed by atoms with Gasteiger partial charge < -0.3 is 0 Å². The minimum absolute atomic E-state index is 0.616. The van der Waals surface area contributed by atoms with Crippen molar-refractivity contribution in [2.45, 2.75) is 0 Å². The zero-order valence-corrected chi connectivity index (χ0v) is 62.8. The van der Waals surface area contributed by atoms with Gasteiger partial charge >= 0.3 is 0 Å². The lowest BCUT2D eigenvalue weighted by Gasteiger charge is -2.39. The molecule has 1 aromatic heterocycles. The quantitative estimate of drug-likeness (QED) is 0.0596. The Morgan fingerprint density at radius 1 is 0.118 bits per heavy atom. The van der Waals surface area contributed by atoms with Gasteiger partial charge in [-0.2, -0.15) is 0 Å². The molecule has 17 aromatic carbocycles. The summed E-state index contributed by atoms with van der Waals surface area (Å²) < 4.78 is 0. The Hall–Kier alpha value is -13.7. The van der Waals surface area contributed by atoms with Crippen LogP contribution in [0, 0.1) is 0 Å². The normalized spacial score (nSPS) is 11.5. The van der Waals surface area contributed by atoms with Crippen LogP contribution in [-0.4, -0.2) is 26.1 Å². The van der Waals surface area contributed by atoms with Crippen molar-refractivity contribution < 1.29 is 0 Å². The van der Waals surface area contributed by atoms with Gasteiger partial charge in [0, 0.05) is 16.7 Å². The highest BCUT2D eigenvalue weighted by atomic mass is 28.3. The Morgan fingerprint density at radius 3 is 0.509 bits per heavy atom. The van der Waals surface area contributed by atoms with Gasteiger partial charge in [0.25, 0.3) is 0 Å². The molecule has 0 fully saturated rings. The zero-order valence-electron chi connectivity index (χ0n) is 60.8.